The number of fused-ring (bicyclic) bond motifs is 1. The maximum atomic E-state index is 12.9. The molecule has 4 aromatic rings. The lowest BCUT2D eigenvalue weighted by molar-refractivity contribution is 0.496. The van der Waals surface area contributed by atoms with Crippen LogP contribution in [0.3, 0.4) is 0 Å². The van der Waals surface area contributed by atoms with E-state index >= 15 is 0 Å². The maximum Gasteiger partial charge on any atom is 0.227 e. The normalized spacial score (nSPS) is 15.2. The van der Waals surface area contributed by atoms with E-state index in [-0.39, 0.29) is 5.25 Å². The highest BCUT2D eigenvalue weighted by Crippen LogP contribution is 2.25. The first-order valence-corrected chi connectivity index (χ1v) is 12.9. The minimum Gasteiger partial charge on any atom is -0.361 e. The summed E-state index contributed by atoms with van der Waals surface area (Å²) in [5.41, 5.74) is 5.12. The van der Waals surface area contributed by atoms with Gasteiger partial charge in [-0.05, 0) is 74.3 Å². The number of nitrogens with zero attached hydrogens (tertiary/aromatic N) is 2. The molecule has 0 atom stereocenters. The second kappa shape index (κ2) is 9.40. The molecule has 174 valence electrons. The molecule has 0 saturated carbocycles. The van der Waals surface area contributed by atoms with Crippen molar-refractivity contribution in [1.82, 2.24) is 20.3 Å². The average molecular weight is 474 g/mol. The van der Waals surface area contributed by atoms with Gasteiger partial charge in [0.2, 0.25) is 5.95 Å². The lowest BCUT2D eigenvalue weighted by Crippen LogP contribution is -2.35. The molecule has 0 spiro atoms. The lowest BCUT2D eigenvalue weighted by atomic mass is 10.1. The number of hydrogen-bond donors (Lipinski definition) is 3. The standard InChI is InChI=1S/C26H27N5O2S/c1-18-2-4-20(24-12-15-28-25(18)24)5-3-19-16-29-26(30-17-19)31-21-6-8-22(9-7-21)34(32,33)23-10-13-27-14-11-23/h2-9,12,15-17,23,27-28H,10-11,13-14H2,1H3,(H,29,30,31). The van der Waals surface area contributed by atoms with Gasteiger partial charge in [-0.3, -0.25) is 0 Å². The van der Waals surface area contributed by atoms with Crippen LogP contribution in [-0.2, 0) is 9.84 Å². The lowest BCUT2D eigenvalue weighted by Gasteiger charge is -2.22. The predicted molar refractivity (Wildman–Crippen MR) is 137 cm³/mol. The number of aromatic nitrogens is 3. The Hall–Kier alpha value is -3.49. The largest absolute Gasteiger partial charge is 0.361 e. The topological polar surface area (TPSA) is 99.8 Å². The van der Waals surface area contributed by atoms with Gasteiger partial charge in [-0.2, -0.15) is 0 Å². The van der Waals surface area contributed by atoms with E-state index in [4.69, 9.17) is 0 Å². The number of H-pyrrole nitrogens is 1. The number of benzene rings is 2. The number of piperidine rings is 1. The molecule has 7 nitrogen and oxygen atoms in total. The van der Waals surface area contributed by atoms with Crippen molar-refractivity contribution in [1.29, 1.82) is 0 Å². The third-order valence-electron chi connectivity index (χ3n) is 6.26. The zero-order valence-corrected chi connectivity index (χ0v) is 19.8. The SMILES string of the molecule is Cc1ccc(C=Cc2cnc(Nc3ccc(S(=O)(=O)C4CCNCC4)cc3)nc2)c2cc[nH]c12. The number of rotatable bonds is 6. The Kier molecular flexibility index (Phi) is 6.17. The first-order valence-electron chi connectivity index (χ1n) is 11.4. The van der Waals surface area contributed by atoms with Gasteiger partial charge in [0.15, 0.2) is 9.84 Å². The molecule has 2 aromatic carbocycles. The molecule has 0 bridgehead atoms. The molecule has 0 amide bonds. The second-order valence-corrected chi connectivity index (χ2v) is 10.8. The van der Waals surface area contributed by atoms with Gasteiger partial charge in [-0.1, -0.05) is 24.3 Å². The third kappa shape index (κ3) is 4.60. The van der Waals surface area contributed by atoms with E-state index in [1.165, 1.54) is 10.9 Å². The van der Waals surface area contributed by atoms with Crippen LogP contribution in [0.25, 0.3) is 23.1 Å². The van der Waals surface area contributed by atoms with Crippen LogP contribution in [0, 0.1) is 6.92 Å². The number of anilines is 2. The smallest absolute Gasteiger partial charge is 0.227 e. The van der Waals surface area contributed by atoms with Gasteiger partial charge < -0.3 is 15.6 Å². The highest BCUT2D eigenvalue weighted by molar-refractivity contribution is 7.92. The molecular weight excluding hydrogens is 446 g/mol. The number of nitrogens with one attached hydrogen (secondary N) is 3. The van der Waals surface area contributed by atoms with Crippen molar-refractivity contribution in [3.8, 4) is 0 Å². The van der Waals surface area contributed by atoms with Crippen LogP contribution in [0.15, 0.2) is 66.0 Å². The fraction of sp³-hybridized carbons (Fsp3) is 0.231. The highest BCUT2D eigenvalue weighted by Gasteiger charge is 2.28. The Morgan fingerprint density at radius 2 is 1.71 bits per heavy atom. The summed E-state index contributed by atoms with van der Waals surface area (Å²) in [5.74, 6) is 0.453. The first kappa shape index (κ1) is 22.3. The molecular formula is C26H27N5O2S. The van der Waals surface area contributed by atoms with E-state index in [0.717, 1.165) is 35.4 Å². The molecule has 8 heteroatoms. The van der Waals surface area contributed by atoms with Gasteiger partial charge in [0.05, 0.1) is 10.1 Å². The Morgan fingerprint density at radius 3 is 2.44 bits per heavy atom. The Labute approximate surface area is 199 Å². The third-order valence-corrected chi connectivity index (χ3v) is 8.53. The van der Waals surface area contributed by atoms with Gasteiger partial charge in [-0.25, -0.2) is 18.4 Å². The van der Waals surface area contributed by atoms with Crippen molar-refractivity contribution < 1.29 is 8.42 Å². The van der Waals surface area contributed by atoms with Gasteiger partial charge >= 0.3 is 0 Å². The highest BCUT2D eigenvalue weighted by atomic mass is 32.2. The molecule has 2 aromatic heterocycles. The summed E-state index contributed by atoms with van der Waals surface area (Å²) in [5, 5.41) is 7.21. The van der Waals surface area contributed by atoms with Crippen molar-refractivity contribution in [3.63, 3.8) is 0 Å². The van der Waals surface area contributed by atoms with Crippen molar-refractivity contribution in [2.24, 2.45) is 0 Å². The Bertz CT molecular complexity index is 1420. The Balaban J connectivity index is 1.26. The number of sulfone groups is 1. The fourth-order valence-corrected chi connectivity index (χ4v) is 6.06. The zero-order valence-electron chi connectivity index (χ0n) is 19.0. The van der Waals surface area contributed by atoms with Crippen LogP contribution in [0.1, 0.15) is 29.5 Å². The Morgan fingerprint density at radius 1 is 0.971 bits per heavy atom. The van der Waals surface area contributed by atoms with Crippen LogP contribution in [0.2, 0.25) is 0 Å². The molecule has 0 radical (unpaired) electrons. The summed E-state index contributed by atoms with van der Waals surface area (Å²) < 4.78 is 25.7. The molecule has 1 saturated heterocycles. The van der Waals surface area contributed by atoms with E-state index < -0.39 is 9.84 Å². The van der Waals surface area contributed by atoms with Crippen molar-refractivity contribution in [2.45, 2.75) is 29.9 Å². The quantitative estimate of drug-likeness (QED) is 0.375. The number of hydrogen-bond acceptors (Lipinski definition) is 6. The summed E-state index contributed by atoms with van der Waals surface area (Å²) in [6, 6.07) is 13.1. The maximum absolute atomic E-state index is 12.9. The molecule has 1 fully saturated rings. The second-order valence-electron chi connectivity index (χ2n) is 8.56. The summed E-state index contributed by atoms with van der Waals surface area (Å²) in [6.45, 7) is 3.58. The zero-order chi connectivity index (χ0) is 23.5. The van der Waals surface area contributed by atoms with E-state index in [2.05, 4.69) is 56.8 Å². The van der Waals surface area contributed by atoms with E-state index in [0.29, 0.717) is 23.7 Å². The van der Waals surface area contributed by atoms with Crippen LogP contribution in [0.5, 0.6) is 0 Å². The molecule has 1 aliphatic heterocycles. The number of aromatic amines is 1. The molecule has 3 heterocycles. The van der Waals surface area contributed by atoms with E-state index in [9.17, 15) is 8.42 Å². The van der Waals surface area contributed by atoms with Crippen LogP contribution >= 0.6 is 0 Å². The van der Waals surface area contributed by atoms with Crippen LogP contribution in [0.4, 0.5) is 11.6 Å². The monoisotopic (exact) mass is 473 g/mol. The predicted octanol–water partition coefficient (Wildman–Crippen LogP) is 4.71. The molecule has 34 heavy (non-hydrogen) atoms. The summed E-state index contributed by atoms with van der Waals surface area (Å²) in [4.78, 5) is 12.4. The van der Waals surface area contributed by atoms with Crippen molar-refractivity contribution in [3.05, 3.63) is 77.7 Å². The molecule has 1 aliphatic rings. The van der Waals surface area contributed by atoms with Crippen LogP contribution < -0.4 is 10.6 Å². The van der Waals surface area contributed by atoms with Crippen molar-refractivity contribution in [2.75, 3.05) is 18.4 Å². The summed E-state index contributed by atoms with van der Waals surface area (Å²) in [6.07, 6.45) is 10.8. The minimum absolute atomic E-state index is 0.315. The van der Waals surface area contributed by atoms with Crippen LogP contribution in [-0.4, -0.2) is 41.7 Å². The van der Waals surface area contributed by atoms with E-state index in [1.54, 1.807) is 36.7 Å². The summed E-state index contributed by atoms with van der Waals surface area (Å²) in [7, 11) is -3.31. The molecule has 0 aliphatic carbocycles. The first-order chi connectivity index (χ1) is 16.5. The minimum atomic E-state index is -3.31. The fourth-order valence-electron chi connectivity index (χ4n) is 4.30. The van der Waals surface area contributed by atoms with Gasteiger partial charge in [0.1, 0.15) is 0 Å². The average Bonchev–Trinajstić information content (AvgIpc) is 3.37. The van der Waals surface area contributed by atoms with Gasteiger partial charge in [-0.15, -0.1) is 0 Å². The number of aryl methyl sites for hydroxylation is 1. The van der Waals surface area contributed by atoms with E-state index in [1.807, 2.05) is 12.3 Å². The van der Waals surface area contributed by atoms with Gasteiger partial charge in [0, 0.05) is 40.7 Å². The molecule has 3 N–H and O–H groups in total. The van der Waals surface area contributed by atoms with Crippen molar-refractivity contribution >= 4 is 44.5 Å². The summed E-state index contributed by atoms with van der Waals surface area (Å²) >= 11 is 0. The molecule has 0 unspecified atom stereocenters. The van der Waals surface area contributed by atoms with Gasteiger partial charge in [0.25, 0.3) is 0 Å². The molecule has 5 rings (SSSR count).